The average molecular weight is 278 g/mol. The largest absolute Gasteiger partial charge is 0.508 e. The molecule has 1 heterocycles. The molecule has 1 aromatic rings. The quantitative estimate of drug-likeness (QED) is 0.767. The van der Waals surface area contributed by atoms with Crippen molar-refractivity contribution in [3.63, 3.8) is 0 Å². The minimum absolute atomic E-state index is 0.0132. The van der Waals surface area contributed by atoms with Crippen LogP contribution in [0.5, 0.6) is 11.5 Å². The SMILES string of the molecule is CC(CN1CCCC1=O)NC(C)c1cc(O)cc(O)c1. The van der Waals surface area contributed by atoms with Crippen molar-refractivity contribution in [2.75, 3.05) is 13.1 Å². The minimum Gasteiger partial charge on any atom is -0.508 e. The highest BCUT2D eigenvalue weighted by molar-refractivity contribution is 5.78. The summed E-state index contributed by atoms with van der Waals surface area (Å²) >= 11 is 0. The number of carbonyl (C=O) groups excluding carboxylic acids is 1. The van der Waals surface area contributed by atoms with E-state index in [1.54, 1.807) is 12.1 Å². The zero-order valence-electron chi connectivity index (χ0n) is 12.0. The molecule has 0 spiro atoms. The maximum Gasteiger partial charge on any atom is 0.222 e. The standard InChI is InChI=1S/C15H22N2O3/c1-10(9-17-5-3-4-15(17)20)16-11(2)12-6-13(18)8-14(19)7-12/h6-8,10-11,16,18-19H,3-5,9H2,1-2H3. The van der Waals surface area contributed by atoms with Crippen LogP contribution in [-0.4, -0.2) is 40.2 Å². The summed E-state index contributed by atoms with van der Waals surface area (Å²) in [6.07, 6.45) is 1.60. The molecular weight excluding hydrogens is 256 g/mol. The summed E-state index contributed by atoms with van der Waals surface area (Å²) in [4.78, 5) is 13.5. The van der Waals surface area contributed by atoms with E-state index in [-0.39, 0.29) is 29.5 Å². The molecule has 2 atom stereocenters. The Balaban J connectivity index is 1.92. The van der Waals surface area contributed by atoms with Crippen LogP contribution in [0.15, 0.2) is 18.2 Å². The molecule has 2 rings (SSSR count). The minimum atomic E-state index is -0.0132. The fourth-order valence-electron chi connectivity index (χ4n) is 2.67. The number of hydrogen-bond donors (Lipinski definition) is 3. The molecule has 5 nitrogen and oxygen atoms in total. The summed E-state index contributed by atoms with van der Waals surface area (Å²) in [5, 5.41) is 22.4. The van der Waals surface area contributed by atoms with Crippen molar-refractivity contribution in [3.05, 3.63) is 23.8 Å². The van der Waals surface area contributed by atoms with Crippen LogP contribution in [-0.2, 0) is 4.79 Å². The van der Waals surface area contributed by atoms with Gasteiger partial charge < -0.3 is 20.4 Å². The van der Waals surface area contributed by atoms with Crippen molar-refractivity contribution in [2.45, 2.75) is 38.8 Å². The fraction of sp³-hybridized carbons (Fsp3) is 0.533. The van der Waals surface area contributed by atoms with Crippen LogP contribution >= 0.6 is 0 Å². The first-order valence-corrected chi connectivity index (χ1v) is 7.02. The van der Waals surface area contributed by atoms with Crippen molar-refractivity contribution in [1.29, 1.82) is 0 Å². The summed E-state index contributed by atoms with van der Waals surface area (Å²) in [6, 6.07) is 4.70. The van der Waals surface area contributed by atoms with E-state index in [0.717, 1.165) is 18.5 Å². The summed E-state index contributed by atoms with van der Waals surface area (Å²) in [6.45, 7) is 5.53. The van der Waals surface area contributed by atoms with E-state index in [4.69, 9.17) is 0 Å². The van der Waals surface area contributed by atoms with E-state index in [0.29, 0.717) is 13.0 Å². The topological polar surface area (TPSA) is 72.8 Å². The maximum absolute atomic E-state index is 11.6. The van der Waals surface area contributed by atoms with Gasteiger partial charge in [0.1, 0.15) is 11.5 Å². The van der Waals surface area contributed by atoms with Gasteiger partial charge in [-0.1, -0.05) is 0 Å². The number of phenolic OH excluding ortho intramolecular Hbond substituents is 2. The predicted octanol–water partition coefficient (Wildman–Crippen LogP) is 1.76. The highest BCUT2D eigenvalue weighted by Crippen LogP contribution is 2.25. The number of nitrogens with one attached hydrogen (secondary N) is 1. The van der Waals surface area contributed by atoms with Gasteiger partial charge in [0, 0.05) is 37.7 Å². The van der Waals surface area contributed by atoms with Crippen LogP contribution in [0.3, 0.4) is 0 Å². The monoisotopic (exact) mass is 278 g/mol. The summed E-state index contributed by atoms with van der Waals surface area (Å²) in [5.41, 5.74) is 0.821. The first-order chi connectivity index (χ1) is 9.45. The number of aromatic hydroxyl groups is 2. The van der Waals surface area contributed by atoms with Crippen LogP contribution < -0.4 is 5.32 Å². The van der Waals surface area contributed by atoms with Gasteiger partial charge in [-0.25, -0.2) is 0 Å². The Morgan fingerprint density at radius 1 is 1.25 bits per heavy atom. The predicted molar refractivity (Wildman–Crippen MR) is 76.6 cm³/mol. The Morgan fingerprint density at radius 2 is 1.90 bits per heavy atom. The molecular formula is C15H22N2O3. The van der Waals surface area contributed by atoms with Gasteiger partial charge in [-0.3, -0.25) is 4.79 Å². The van der Waals surface area contributed by atoms with Gasteiger partial charge in [0.15, 0.2) is 0 Å². The highest BCUT2D eigenvalue weighted by Gasteiger charge is 2.22. The number of amides is 1. The molecule has 20 heavy (non-hydrogen) atoms. The van der Waals surface area contributed by atoms with E-state index in [9.17, 15) is 15.0 Å². The van der Waals surface area contributed by atoms with Crippen LogP contribution in [0.4, 0.5) is 0 Å². The average Bonchev–Trinajstić information content (AvgIpc) is 2.73. The van der Waals surface area contributed by atoms with Crippen molar-refractivity contribution < 1.29 is 15.0 Å². The van der Waals surface area contributed by atoms with Crippen LogP contribution in [0.1, 0.15) is 38.3 Å². The lowest BCUT2D eigenvalue weighted by atomic mass is 10.1. The molecule has 110 valence electrons. The normalized spacial score (nSPS) is 18.3. The molecule has 0 radical (unpaired) electrons. The number of benzene rings is 1. The number of likely N-dealkylation sites (tertiary alicyclic amines) is 1. The number of carbonyl (C=O) groups is 1. The van der Waals surface area contributed by atoms with Gasteiger partial charge in [-0.2, -0.15) is 0 Å². The molecule has 1 aliphatic rings. The second-order valence-corrected chi connectivity index (χ2v) is 5.52. The Kier molecular flexibility index (Phi) is 4.49. The Hall–Kier alpha value is -1.75. The van der Waals surface area contributed by atoms with Gasteiger partial charge in [-0.15, -0.1) is 0 Å². The molecule has 1 fully saturated rings. The van der Waals surface area contributed by atoms with Crippen LogP contribution in [0, 0.1) is 0 Å². The van der Waals surface area contributed by atoms with E-state index >= 15 is 0 Å². The van der Waals surface area contributed by atoms with Gasteiger partial charge >= 0.3 is 0 Å². The third-order valence-corrected chi connectivity index (χ3v) is 3.63. The van der Waals surface area contributed by atoms with Gasteiger partial charge in [-0.05, 0) is 38.0 Å². The first kappa shape index (κ1) is 14.7. The summed E-state index contributed by atoms with van der Waals surface area (Å²) in [7, 11) is 0. The molecule has 1 aliphatic heterocycles. The summed E-state index contributed by atoms with van der Waals surface area (Å²) in [5.74, 6) is 0.327. The summed E-state index contributed by atoms with van der Waals surface area (Å²) < 4.78 is 0. The molecule has 0 bridgehead atoms. The van der Waals surface area contributed by atoms with E-state index < -0.39 is 0 Å². The lowest BCUT2D eigenvalue weighted by molar-refractivity contribution is -0.127. The second kappa shape index (κ2) is 6.13. The van der Waals surface area contributed by atoms with Gasteiger partial charge in [0.2, 0.25) is 5.91 Å². The van der Waals surface area contributed by atoms with Crippen molar-refractivity contribution >= 4 is 5.91 Å². The zero-order valence-corrected chi connectivity index (χ0v) is 12.0. The first-order valence-electron chi connectivity index (χ1n) is 7.02. The van der Waals surface area contributed by atoms with E-state index in [1.807, 2.05) is 18.7 Å². The smallest absolute Gasteiger partial charge is 0.222 e. The van der Waals surface area contributed by atoms with Crippen molar-refractivity contribution in [2.24, 2.45) is 0 Å². The van der Waals surface area contributed by atoms with E-state index in [2.05, 4.69) is 5.32 Å². The molecule has 0 saturated carbocycles. The lowest BCUT2D eigenvalue weighted by Crippen LogP contribution is -2.40. The molecule has 1 amide bonds. The molecule has 2 unspecified atom stereocenters. The van der Waals surface area contributed by atoms with E-state index in [1.165, 1.54) is 6.07 Å². The molecule has 1 saturated heterocycles. The van der Waals surface area contributed by atoms with Gasteiger partial charge in [0.25, 0.3) is 0 Å². The molecule has 0 aliphatic carbocycles. The fourth-order valence-corrected chi connectivity index (χ4v) is 2.67. The van der Waals surface area contributed by atoms with Crippen molar-refractivity contribution in [3.8, 4) is 11.5 Å². The third-order valence-electron chi connectivity index (χ3n) is 3.63. The van der Waals surface area contributed by atoms with Crippen molar-refractivity contribution in [1.82, 2.24) is 10.2 Å². The maximum atomic E-state index is 11.6. The molecule has 5 heteroatoms. The molecule has 3 N–H and O–H groups in total. The molecule has 1 aromatic carbocycles. The lowest BCUT2D eigenvalue weighted by Gasteiger charge is -2.25. The Labute approximate surface area is 119 Å². The number of phenols is 2. The number of nitrogens with zero attached hydrogens (tertiary/aromatic N) is 1. The van der Waals surface area contributed by atoms with Crippen LogP contribution in [0.25, 0.3) is 0 Å². The highest BCUT2D eigenvalue weighted by atomic mass is 16.3. The Morgan fingerprint density at radius 3 is 2.45 bits per heavy atom. The third kappa shape index (κ3) is 3.63. The van der Waals surface area contributed by atoms with Crippen LogP contribution in [0.2, 0.25) is 0 Å². The Bertz CT molecular complexity index is 470. The van der Waals surface area contributed by atoms with Gasteiger partial charge in [0.05, 0.1) is 0 Å². The molecule has 0 aromatic heterocycles. The second-order valence-electron chi connectivity index (χ2n) is 5.52. The number of hydrogen-bond acceptors (Lipinski definition) is 4. The number of rotatable bonds is 5. The zero-order chi connectivity index (χ0) is 14.7.